The van der Waals surface area contributed by atoms with E-state index < -0.39 is 6.10 Å². The molecule has 0 saturated carbocycles. The molecule has 0 heterocycles. The Balaban J connectivity index is 2.57. The van der Waals surface area contributed by atoms with Gasteiger partial charge in [-0.25, -0.2) is 4.39 Å². The van der Waals surface area contributed by atoms with E-state index in [4.69, 9.17) is 5.11 Å². The topological polar surface area (TPSA) is 37.3 Å². The van der Waals surface area contributed by atoms with Gasteiger partial charge in [0, 0.05) is 12.0 Å². The summed E-state index contributed by atoms with van der Waals surface area (Å²) in [5, 5.41) is 8.98. The summed E-state index contributed by atoms with van der Waals surface area (Å²) in [4.78, 5) is 11.4. The van der Waals surface area contributed by atoms with Gasteiger partial charge >= 0.3 is 0 Å². The lowest BCUT2D eigenvalue weighted by Gasteiger charge is -2.03. The van der Waals surface area contributed by atoms with Gasteiger partial charge in [-0.1, -0.05) is 0 Å². The van der Waals surface area contributed by atoms with Crippen LogP contribution in [-0.2, 0) is 0 Å². The number of Topliss-reactive ketones (excluding diaryl/α,β-unsaturated/α-hetero) is 1. The number of carbonyl (C=O) groups is 1. The monoisotopic (exact) mass is 196 g/mol. The van der Waals surface area contributed by atoms with Crippen LogP contribution in [0.15, 0.2) is 24.3 Å². The highest BCUT2D eigenvalue weighted by molar-refractivity contribution is 5.95. The molecule has 76 valence electrons. The Morgan fingerprint density at radius 3 is 2.50 bits per heavy atom. The van der Waals surface area contributed by atoms with E-state index in [1.165, 1.54) is 24.3 Å². The van der Waals surface area contributed by atoms with E-state index in [-0.39, 0.29) is 11.6 Å². The Labute approximate surface area is 82.4 Å². The molecule has 1 unspecified atom stereocenters. The van der Waals surface area contributed by atoms with Crippen molar-refractivity contribution in [2.24, 2.45) is 0 Å². The molecule has 0 amide bonds. The van der Waals surface area contributed by atoms with Crippen LogP contribution >= 0.6 is 0 Å². The van der Waals surface area contributed by atoms with Gasteiger partial charge in [-0.3, -0.25) is 4.79 Å². The summed E-state index contributed by atoms with van der Waals surface area (Å²) in [6.45, 7) is 1.64. The highest BCUT2D eigenvalue weighted by Crippen LogP contribution is 2.08. The zero-order valence-electron chi connectivity index (χ0n) is 8.03. The maximum Gasteiger partial charge on any atom is 0.162 e. The largest absolute Gasteiger partial charge is 0.393 e. The van der Waals surface area contributed by atoms with E-state index in [2.05, 4.69) is 0 Å². The van der Waals surface area contributed by atoms with Crippen molar-refractivity contribution >= 4 is 5.78 Å². The van der Waals surface area contributed by atoms with E-state index in [1.54, 1.807) is 6.92 Å². The van der Waals surface area contributed by atoms with Crippen LogP contribution in [0, 0.1) is 5.82 Å². The van der Waals surface area contributed by atoms with E-state index in [0.29, 0.717) is 18.4 Å². The minimum atomic E-state index is -0.473. The summed E-state index contributed by atoms with van der Waals surface area (Å²) >= 11 is 0. The van der Waals surface area contributed by atoms with Crippen molar-refractivity contribution < 1.29 is 14.3 Å². The fourth-order valence-electron chi connectivity index (χ4n) is 1.12. The van der Waals surface area contributed by atoms with Gasteiger partial charge in [0.2, 0.25) is 0 Å². The molecular weight excluding hydrogens is 183 g/mol. The van der Waals surface area contributed by atoms with E-state index in [9.17, 15) is 9.18 Å². The second kappa shape index (κ2) is 4.86. The summed E-state index contributed by atoms with van der Waals surface area (Å²) in [7, 11) is 0. The minimum absolute atomic E-state index is 0.0640. The molecule has 1 atom stereocenters. The number of hydrogen-bond donors (Lipinski definition) is 1. The Bertz CT molecular complexity index is 304. The maximum absolute atomic E-state index is 12.5. The molecule has 0 aliphatic carbocycles. The second-order valence-corrected chi connectivity index (χ2v) is 3.32. The number of carbonyl (C=O) groups excluding carboxylic acids is 1. The van der Waals surface area contributed by atoms with Crippen LogP contribution in [0.25, 0.3) is 0 Å². The van der Waals surface area contributed by atoms with Crippen molar-refractivity contribution in [3.8, 4) is 0 Å². The van der Waals surface area contributed by atoms with Crippen LogP contribution in [0.2, 0.25) is 0 Å². The highest BCUT2D eigenvalue weighted by Gasteiger charge is 2.07. The average molecular weight is 196 g/mol. The number of aliphatic hydroxyl groups is 1. The van der Waals surface area contributed by atoms with Crippen LogP contribution in [0.1, 0.15) is 30.1 Å². The van der Waals surface area contributed by atoms with Gasteiger partial charge in [-0.15, -0.1) is 0 Å². The van der Waals surface area contributed by atoms with Crippen molar-refractivity contribution in [2.45, 2.75) is 25.9 Å². The first-order chi connectivity index (χ1) is 6.59. The molecule has 0 bridgehead atoms. The van der Waals surface area contributed by atoms with Crippen molar-refractivity contribution in [1.82, 2.24) is 0 Å². The number of benzene rings is 1. The number of aliphatic hydroxyl groups excluding tert-OH is 1. The Kier molecular flexibility index (Phi) is 3.77. The second-order valence-electron chi connectivity index (χ2n) is 3.32. The average Bonchev–Trinajstić information content (AvgIpc) is 2.15. The van der Waals surface area contributed by atoms with Crippen molar-refractivity contribution in [2.75, 3.05) is 0 Å². The highest BCUT2D eigenvalue weighted by atomic mass is 19.1. The molecule has 14 heavy (non-hydrogen) atoms. The molecule has 0 aromatic heterocycles. The fourth-order valence-corrected chi connectivity index (χ4v) is 1.12. The molecule has 2 nitrogen and oxygen atoms in total. The van der Waals surface area contributed by atoms with E-state index >= 15 is 0 Å². The Morgan fingerprint density at radius 2 is 2.00 bits per heavy atom. The number of hydrogen-bond acceptors (Lipinski definition) is 2. The molecule has 1 aromatic rings. The van der Waals surface area contributed by atoms with Crippen molar-refractivity contribution in [1.29, 1.82) is 0 Å². The molecule has 0 spiro atoms. The molecule has 1 rings (SSSR count). The first kappa shape index (κ1) is 10.9. The van der Waals surface area contributed by atoms with Crippen LogP contribution in [0.5, 0.6) is 0 Å². The summed E-state index contributed by atoms with van der Waals surface area (Å²) in [5.41, 5.74) is 0.493. The third-order valence-corrected chi connectivity index (χ3v) is 1.96. The molecule has 0 radical (unpaired) electrons. The molecule has 1 N–H and O–H groups in total. The van der Waals surface area contributed by atoms with Crippen LogP contribution in [0.3, 0.4) is 0 Å². The normalized spacial score (nSPS) is 12.5. The van der Waals surface area contributed by atoms with Gasteiger partial charge < -0.3 is 5.11 Å². The van der Waals surface area contributed by atoms with Gasteiger partial charge in [0.25, 0.3) is 0 Å². The lowest BCUT2D eigenvalue weighted by atomic mass is 10.1. The summed E-state index contributed by atoms with van der Waals surface area (Å²) in [6, 6.07) is 5.44. The van der Waals surface area contributed by atoms with Gasteiger partial charge in [0.1, 0.15) is 5.82 Å². The Morgan fingerprint density at radius 1 is 1.43 bits per heavy atom. The molecule has 1 aromatic carbocycles. The van der Waals surface area contributed by atoms with Gasteiger partial charge in [-0.05, 0) is 37.6 Å². The summed E-state index contributed by atoms with van der Waals surface area (Å²) in [5.74, 6) is -0.414. The standard InChI is InChI=1S/C11H13FO2/c1-8(13)2-7-11(14)9-3-5-10(12)6-4-9/h3-6,8,13H,2,7H2,1H3. The number of ketones is 1. The molecular formula is C11H13FO2. The third kappa shape index (κ3) is 3.26. The fraction of sp³-hybridized carbons (Fsp3) is 0.364. The maximum atomic E-state index is 12.5. The smallest absolute Gasteiger partial charge is 0.162 e. The van der Waals surface area contributed by atoms with Gasteiger partial charge in [0.05, 0.1) is 6.10 Å². The number of halogens is 1. The predicted octanol–water partition coefficient (Wildman–Crippen LogP) is 2.17. The van der Waals surface area contributed by atoms with E-state index in [1.807, 2.05) is 0 Å². The van der Waals surface area contributed by atoms with E-state index in [0.717, 1.165) is 0 Å². The quantitative estimate of drug-likeness (QED) is 0.749. The molecule has 0 aliphatic heterocycles. The first-order valence-corrected chi connectivity index (χ1v) is 4.56. The van der Waals surface area contributed by atoms with Gasteiger partial charge in [-0.2, -0.15) is 0 Å². The predicted molar refractivity (Wildman–Crippen MR) is 51.6 cm³/mol. The summed E-state index contributed by atoms with van der Waals surface area (Å²) < 4.78 is 12.5. The van der Waals surface area contributed by atoms with Crippen molar-refractivity contribution in [3.63, 3.8) is 0 Å². The zero-order valence-corrected chi connectivity index (χ0v) is 8.03. The lowest BCUT2D eigenvalue weighted by molar-refractivity contribution is 0.0949. The van der Waals surface area contributed by atoms with Crippen LogP contribution in [0.4, 0.5) is 4.39 Å². The molecule has 0 aliphatic rings. The van der Waals surface area contributed by atoms with Crippen LogP contribution in [-0.4, -0.2) is 17.0 Å². The first-order valence-electron chi connectivity index (χ1n) is 4.56. The molecule has 3 heteroatoms. The zero-order chi connectivity index (χ0) is 10.6. The van der Waals surface area contributed by atoms with Crippen LogP contribution < -0.4 is 0 Å². The third-order valence-electron chi connectivity index (χ3n) is 1.96. The lowest BCUT2D eigenvalue weighted by Crippen LogP contribution is -2.05. The number of rotatable bonds is 4. The van der Waals surface area contributed by atoms with Gasteiger partial charge in [0.15, 0.2) is 5.78 Å². The SMILES string of the molecule is CC(O)CCC(=O)c1ccc(F)cc1. The molecule has 0 fully saturated rings. The summed E-state index contributed by atoms with van der Waals surface area (Å²) in [6.07, 6.45) is 0.263. The van der Waals surface area contributed by atoms with Crippen molar-refractivity contribution in [3.05, 3.63) is 35.6 Å². The molecule has 0 saturated heterocycles. The minimum Gasteiger partial charge on any atom is -0.393 e. The Hall–Kier alpha value is -1.22.